The summed E-state index contributed by atoms with van der Waals surface area (Å²) in [4.78, 5) is 21.4. The first-order valence-corrected chi connectivity index (χ1v) is 12.0. The van der Waals surface area contributed by atoms with Gasteiger partial charge in [-0.15, -0.1) is 12.4 Å². The molecule has 2 heterocycles. The number of carbonyl (C=O) groups excluding carboxylic acids is 1. The molecule has 1 aliphatic carbocycles. The van der Waals surface area contributed by atoms with Gasteiger partial charge in [-0.2, -0.15) is 0 Å². The summed E-state index contributed by atoms with van der Waals surface area (Å²) < 4.78 is 18.9. The Morgan fingerprint density at radius 3 is 2.65 bits per heavy atom. The summed E-state index contributed by atoms with van der Waals surface area (Å²) in [5.74, 6) is 0.227. The smallest absolute Gasteiger partial charge is 0.229 e. The molecule has 1 saturated heterocycles. The predicted molar refractivity (Wildman–Crippen MR) is 135 cm³/mol. The summed E-state index contributed by atoms with van der Waals surface area (Å²) in [7, 11) is 1.87. The van der Waals surface area contributed by atoms with Gasteiger partial charge >= 0.3 is 0 Å². The topological polar surface area (TPSA) is 57.7 Å². The summed E-state index contributed by atoms with van der Waals surface area (Å²) in [6.07, 6.45) is 4.35. The van der Waals surface area contributed by atoms with E-state index in [2.05, 4.69) is 47.2 Å². The van der Waals surface area contributed by atoms with Gasteiger partial charge in [0.2, 0.25) is 11.8 Å². The van der Waals surface area contributed by atoms with E-state index in [0.29, 0.717) is 11.9 Å². The molecular weight excluding hydrogens is 455 g/mol. The maximum atomic E-state index is 13.2. The number of piperazine rings is 1. The Morgan fingerprint density at radius 1 is 1.24 bits per heavy atom. The molecule has 8 heteroatoms. The van der Waals surface area contributed by atoms with E-state index in [-0.39, 0.29) is 36.2 Å². The molecule has 0 unspecified atom stereocenters. The van der Waals surface area contributed by atoms with E-state index in [1.807, 2.05) is 7.05 Å². The molecule has 0 spiro atoms. The van der Waals surface area contributed by atoms with Crippen molar-refractivity contribution in [3.63, 3.8) is 0 Å². The third kappa shape index (κ3) is 6.68. The molecule has 34 heavy (non-hydrogen) atoms. The van der Waals surface area contributed by atoms with Crippen molar-refractivity contribution in [2.24, 2.45) is 5.92 Å². The number of aromatic nitrogens is 1. The van der Waals surface area contributed by atoms with E-state index in [9.17, 15) is 9.18 Å². The molecular formula is C26H36ClFN4O2. The second-order valence-electron chi connectivity index (χ2n) is 9.50. The van der Waals surface area contributed by atoms with Crippen molar-refractivity contribution in [3.8, 4) is 5.88 Å². The highest BCUT2D eigenvalue weighted by atomic mass is 35.5. The van der Waals surface area contributed by atoms with Crippen LogP contribution in [0.5, 0.6) is 5.88 Å². The molecule has 1 aromatic carbocycles. The van der Waals surface area contributed by atoms with Crippen LogP contribution in [0.1, 0.15) is 43.7 Å². The van der Waals surface area contributed by atoms with Crippen LogP contribution in [0.25, 0.3) is 0 Å². The Labute approximate surface area is 208 Å². The number of carbonyl (C=O) groups is 1. The molecule has 1 atom stereocenters. The third-order valence-corrected chi connectivity index (χ3v) is 6.90. The molecule has 1 N–H and O–H groups in total. The minimum atomic E-state index is -0.374. The fourth-order valence-electron chi connectivity index (χ4n) is 4.89. The van der Waals surface area contributed by atoms with Gasteiger partial charge in [0, 0.05) is 56.9 Å². The molecule has 1 saturated carbocycles. The van der Waals surface area contributed by atoms with Gasteiger partial charge in [-0.3, -0.25) is 9.69 Å². The summed E-state index contributed by atoms with van der Waals surface area (Å²) in [6.45, 7) is 8.46. The Kier molecular flexibility index (Phi) is 9.28. The van der Waals surface area contributed by atoms with Gasteiger partial charge in [-0.1, -0.05) is 6.07 Å². The van der Waals surface area contributed by atoms with Crippen molar-refractivity contribution in [1.82, 2.24) is 15.2 Å². The van der Waals surface area contributed by atoms with Crippen LogP contribution in [-0.4, -0.2) is 54.6 Å². The summed E-state index contributed by atoms with van der Waals surface area (Å²) in [5, 5.41) is 3.49. The molecule has 6 nitrogen and oxygen atoms in total. The first kappa shape index (κ1) is 26.4. The molecule has 1 aromatic heterocycles. The first-order chi connectivity index (χ1) is 15.9. The Morgan fingerprint density at radius 2 is 2.00 bits per heavy atom. The summed E-state index contributed by atoms with van der Waals surface area (Å²) in [6, 6.07) is 9.80. The molecule has 186 valence electrons. The average molecular weight is 491 g/mol. The van der Waals surface area contributed by atoms with Crippen molar-refractivity contribution < 1.29 is 13.9 Å². The van der Waals surface area contributed by atoms with Crippen LogP contribution < -0.4 is 15.0 Å². The van der Waals surface area contributed by atoms with E-state index in [1.165, 1.54) is 17.2 Å². The van der Waals surface area contributed by atoms with Crippen molar-refractivity contribution in [2.45, 2.75) is 58.2 Å². The number of amides is 1. The van der Waals surface area contributed by atoms with Crippen molar-refractivity contribution in [3.05, 3.63) is 53.5 Å². The number of rotatable bonds is 6. The Hall–Kier alpha value is -2.22. The van der Waals surface area contributed by atoms with Gasteiger partial charge in [-0.05, 0) is 68.9 Å². The van der Waals surface area contributed by atoms with Crippen LogP contribution in [0, 0.1) is 18.7 Å². The van der Waals surface area contributed by atoms with E-state index in [1.54, 1.807) is 11.0 Å². The number of ether oxygens (including phenoxy) is 1. The first-order valence-electron chi connectivity index (χ1n) is 12.0. The van der Waals surface area contributed by atoms with E-state index in [0.717, 1.165) is 63.7 Å². The fourth-order valence-corrected chi connectivity index (χ4v) is 4.89. The third-order valence-electron chi connectivity index (χ3n) is 6.90. The lowest BCUT2D eigenvalue weighted by Gasteiger charge is -2.32. The number of aryl methyl sites for hydroxylation is 1. The standard InChI is InChI=1S/C26H35FN4O2.ClH/c1-18-14-23(8-4-21(18)17-31-13-12-28-19(2)16-31)30(3)26(32)20-5-9-24(10-6-20)33-25-11-7-22(27)15-29-25;/h4,7-8,11,14-15,19-20,24,28H,5-6,9-10,12-13,16-17H2,1-3H3;1H/t19-,20?,24?;/m0./s1. The average Bonchev–Trinajstić information content (AvgIpc) is 2.81. The molecule has 2 aliphatic rings. The van der Waals surface area contributed by atoms with Gasteiger partial charge < -0.3 is 15.0 Å². The second kappa shape index (κ2) is 12.0. The lowest BCUT2D eigenvalue weighted by Crippen LogP contribution is -2.48. The predicted octanol–water partition coefficient (Wildman–Crippen LogP) is 4.35. The number of benzene rings is 1. The minimum Gasteiger partial charge on any atom is -0.474 e. The number of pyridine rings is 1. The van der Waals surface area contributed by atoms with Gasteiger partial charge in [0.25, 0.3) is 0 Å². The fraction of sp³-hybridized carbons (Fsp3) is 0.538. The number of anilines is 1. The normalized spacial score (nSPS) is 23.1. The summed E-state index contributed by atoms with van der Waals surface area (Å²) >= 11 is 0. The zero-order valence-corrected chi connectivity index (χ0v) is 21.1. The SMILES string of the molecule is Cc1cc(N(C)C(=O)C2CCC(Oc3ccc(F)cn3)CC2)ccc1CN1CCN[C@@H](C)C1.Cl. The van der Waals surface area contributed by atoms with Crippen molar-refractivity contribution in [1.29, 1.82) is 0 Å². The zero-order chi connectivity index (χ0) is 23.4. The van der Waals surface area contributed by atoms with Gasteiger partial charge in [0.05, 0.1) is 6.20 Å². The lowest BCUT2D eigenvalue weighted by atomic mass is 9.86. The highest BCUT2D eigenvalue weighted by Crippen LogP contribution is 2.30. The Balaban J connectivity index is 0.00000324. The number of nitrogens with zero attached hydrogens (tertiary/aromatic N) is 3. The van der Waals surface area contributed by atoms with Crippen LogP contribution in [0.4, 0.5) is 10.1 Å². The number of halogens is 2. The molecule has 1 aliphatic heterocycles. The van der Waals surface area contributed by atoms with Crippen LogP contribution in [-0.2, 0) is 11.3 Å². The summed E-state index contributed by atoms with van der Waals surface area (Å²) in [5.41, 5.74) is 3.49. The van der Waals surface area contributed by atoms with Crippen LogP contribution in [0.15, 0.2) is 36.5 Å². The zero-order valence-electron chi connectivity index (χ0n) is 20.3. The number of hydrogen-bond acceptors (Lipinski definition) is 5. The van der Waals surface area contributed by atoms with Gasteiger partial charge in [0.1, 0.15) is 11.9 Å². The number of nitrogens with one attached hydrogen (secondary N) is 1. The van der Waals surface area contributed by atoms with Gasteiger partial charge in [-0.25, -0.2) is 9.37 Å². The van der Waals surface area contributed by atoms with Gasteiger partial charge in [0.15, 0.2) is 0 Å². The monoisotopic (exact) mass is 490 g/mol. The quantitative estimate of drug-likeness (QED) is 0.652. The molecule has 0 radical (unpaired) electrons. The van der Waals surface area contributed by atoms with Crippen LogP contribution in [0.2, 0.25) is 0 Å². The molecule has 4 rings (SSSR count). The molecule has 0 bridgehead atoms. The van der Waals surface area contributed by atoms with Crippen molar-refractivity contribution in [2.75, 3.05) is 31.6 Å². The highest BCUT2D eigenvalue weighted by Gasteiger charge is 2.30. The lowest BCUT2D eigenvalue weighted by molar-refractivity contribution is -0.123. The largest absolute Gasteiger partial charge is 0.474 e. The highest BCUT2D eigenvalue weighted by molar-refractivity contribution is 5.94. The maximum absolute atomic E-state index is 13.2. The Bertz CT molecular complexity index is 950. The van der Waals surface area contributed by atoms with E-state index < -0.39 is 0 Å². The van der Waals surface area contributed by atoms with Crippen LogP contribution in [0.3, 0.4) is 0 Å². The maximum Gasteiger partial charge on any atom is 0.229 e. The molecule has 2 fully saturated rings. The van der Waals surface area contributed by atoms with Crippen molar-refractivity contribution >= 4 is 24.0 Å². The number of hydrogen-bond donors (Lipinski definition) is 1. The van der Waals surface area contributed by atoms with Crippen LogP contribution >= 0.6 is 12.4 Å². The second-order valence-corrected chi connectivity index (χ2v) is 9.50. The van der Waals surface area contributed by atoms with E-state index >= 15 is 0 Å². The minimum absolute atomic E-state index is 0. The molecule has 2 aromatic rings. The molecule has 1 amide bonds. The van der Waals surface area contributed by atoms with E-state index in [4.69, 9.17) is 4.74 Å².